The van der Waals surface area contributed by atoms with Crippen LogP contribution in [0, 0.1) is 10.1 Å². The predicted molar refractivity (Wildman–Crippen MR) is 105 cm³/mol. The molecule has 0 radical (unpaired) electrons. The Morgan fingerprint density at radius 1 is 1.17 bits per heavy atom. The van der Waals surface area contributed by atoms with E-state index < -0.39 is 16.9 Å². The number of nitrogens with one attached hydrogen (secondary N) is 1. The number of nitro groups is 1. The van der Waals surface area contributed by atoms with E-state index in [0.29, 0.717) is 17.1 Å². The summed E-state index contributed by atoms with van der Waals surface area (Å²) < 4.78 is 12.2. The van der Waals surface area contributed by atoms with Crippen molar-refractivity contribution in [3.05, 3.63) is 81.9 Å². The monoisotopic (exact) mass is 396 g/mol. The Hall–Kier alpha value is -3.88. The summed E-state index contributed by atoms with van der Waals surface area (Å²) in [6.45, 7) is 0. The normalized spacial score (nSPS) is 11.6. The molecule has 0 aliphatic carbocycles. The molecule has 9 nitrogen and oxygen atoms in total. The fraction of sp³-hybridized carbons (Fsp3) is 0.200. The largest absolute Gasteiger partial charge is 0.496 e. The first kappa shape index (κ1) is 19.9. The van der Waals surface area contributed by atoms with E-state index in [1.165, 1.54) is 25.3 Å². The van der Waals surface area contributed by atoms with Crippen LogP contribution in [0.2, 0.25) is 0 Å². The summed E-state index contributed by atoms with van der Waals surface area (Å²) in [4.78, 5) is 28.0. The Labute approximate surface area is 167 Å². The zero-order valence-electron chi connectivity index (χ0n) is 16.2. The van der Waals surface area contributed by atoms with Crippen molar-refractivity contribution in [1.29, 1.82) is 0 Å². The number of hydrogen-bond acceptors (Lipinski definition) is 6. The van der Waals surface area contributed by atoms with Gasteiger partial charge in [-0.3, -0.25) is 14.9 Å². The number of aromatic nitrogens is 2. The van der Waals surface area contributed by atoms with Crippen molar-refractivity contribution in [2.45, 2.75) is 6.04 Å². The molecule has 0 saturated carbocycles. The lowest BCUT2D eigenvalue weighted by Gasteiger charge is -2.21. The topological polar surface area (TPSA) is 109 Å². The number of aryl methyl sites for hydroxylation is 1. The average Bonchev–Trinajstić information content (AvgIpc) is 3.16. The molecule has 1 aromatic heterocycles. The van der Waals surface area contributed by atoms with Crippen LogP contribution in [0.4, 0.5) is 5.69 Å². The molecule has 0 spiro atoms. The highest BCUT2D eigenvalue weighted by molar-refractivity contribution is 5.95. The number of nitro benzene ring substituents is 1. The van der Waals surface area contributed by atoms with Gasteiger partial charge in [-0.15, -0.1) is 0 Å². The lowest BCUT2D eigenvalue weighted by Crippen LogP contribution is -2.31. The third-order valence-electron chi connectivity index (χ3n) is 4.48. The van der Waals surface area contributed by atoms with Crippen LogP contribution in [-0.2, 0) is 7.05 Å². The van der Waals surface area contributed by atoms with E-state index in [-0.39, 0.29) is 17.0 Å². The minimum atomic E-state index is -0.625. The van der Waals surface area contributed by atoms with Gasteiger partial charge in [0.2, 0.25) is 0 Å². The molecule has 1 amide bonds. The van der Waals surface area contributed by atoms with Crippen LogP contribution < -0.4 is 14.8 Å². The molecule has 150 valence electrons. The number of carbonyl (C=O) groups is 1. The molecule has 29 heavy (non-hydrogen) atoms. The van der Waals surface area contributed by atoms with Crippen molar-refractivity contribution in [3.8, 4) is 11.5 Å². The van der Waals surface area contributed by atoms with Crippen LogP contribution in [0.3, 0.4) is 0 Å². The zero-order valence-corrected chi connectivity index (χ0v) is 16.2. The van der Waals surface area contributed by atoms with Crippen LogP contribution in [0.15, 0.2) is 54.9 Å². The Balaban J connectivity index is 2.01. The highest BCUT2D eigenvalue weighted by atomic mass is 16.6. The minimum Gasteiger partial charge on any atom is -0.496 e. The molecular formula is C20H20N4O5. The van der Waals surface area contributed by atoms with Gasteiger partial charge in [0.05, 0.1) is 19.1 Å². The lowest BCUT2D eigenvalue weighted by atomic mass is 10.0. The second-order valence-corrected chi connectivity index (χ2v) is 6.19. The fourth-order valence-corrected chi connectivity index (χ4v) is 3.03. The molecule has 0 aliphatic rings. The summed E-state index contributed by atoms with van der Waals surface area (Å²) in [7, 11) is 4.69. The van der Waals surface area contributed by atoms with Gasteiger partial charge in [-0.25, -0.2) is 4.98 Å². The number of amides is 1. The Morgan fingerprint density at radius 2 is 1.90 bits per heavy atom. The number of benzene rings is 2. The molecule has 0 saturated heterocycles. The van der Waals surface area contributed by atoms with E-state index in [9.17, 15) is 14.9 Å². The van der Waals surface area contributed by atoms with Gasteiger partial charge in [-0.2, -0.15) is 0 Å². The average molecular weight is 396 g/mol. The van der Waals surface area contributed by atoms with Crippen molar-refractivity contribution < 1.29 is 19.2 Å². The molecule has 1 unspecified atom stereocenters. The first-order chi connectivity index (χ1) is 14.0. The standard InChI is InChI=1S/C20H20N4O5/c1-23-11-10-21-19(23)18(14-6-4-5-7-16(14)28-2)22-20(25)13-8-9-17(29-3)15(12-13)24(26)27/h4-12,18H,1-3H3,(H,22,25). The van der Waals surface area contributed by atoms with Gasteiger partial charge in [-0.1, -0.05) is 18.2 Å². The number of para-hydroxylation sites is 1. The molecule has 9 heteroatoms. The van der Waals surface area contributed by atoms with E-state index in [0.717, 1.165) is 0 Å². The summed E-state index contributed by atoms with van der Waals surface area (Å²) in [6.07, 6.45) is 3.39. The Bertz CT molecular complexity index is 1050. The molecule has 2 aromatic carbocycles. The van der Waals surface area contributed by atoms with Crippen molar-refractivity contribution in [3.63, 3.8) is 0 Å². The molecule has 0 aliphatic heterocycles. The van der Waals surface area contributed by atoms with E-state index in [2.05, 4.69) is 10.3 Å². The number of ether oxygens (including phenoxy) is 2. The van der Waals surface area contributed by atoms with Gasteiger partial charge >= 0.3 is 5.69 Å². The van der Waals surface area contributed by atoms with Gasteiger partial charge in [0.25, 0.3) is 5.91 Å². The van der Waals surface area contributed by atoms with Crippen LogP contribution >= 0.6 is 0 Å². The van der Waals surface area contributed by atoms with Crippen LogP contribution in [0.1, 0.15) is 27.8 Å². The molecule has 0 bridgehead atoms. The molecular weight excluding hydrogens is 376 g/mol. The number of methoxy groups -OCH3 is 2. The summed E-state index contributed by atoms with van der Waals surface area (Å²) in [5.41, 5.74) is 0.554. The van der Waals surface area contributed by atoms with Gasteiger partial charge in [-0.05, 0) is 18.2 Å². The Kier molecular flexibility index (Phi) is 5.77. The zero-order chi connectivity index (χ0) is 21.0. The highest BCUT2D eigenvalue weighted by Gasteiger charge is 2.26. The highest BCUT2D eigenvalue weighted by Crippen LogP contribution is 2.31. The molecule has 1 N–H and O–H groups in total. The minimum absolute atomic E-state index is 0.0805. The van der Waals surface area contributed by atoms with E-state index >= 15 is 0 Å². The third kappa shape index (κ3) is 4.03. The summed E-state index contributed by atoms with van der Waals surface area (Å²) in [5.74, 6) is 0.763. The predicted octanol–water partition coefficient (Wildman–Crippen LogP) is 2.86. The molecule has 3 aromatic rings. The summed E-state index contributed by atoms with van der Waals surface area (Å²) >= 11 is 0. The molecule has 1 heterocycles. The first-order valence-electron chi connectivity index (χ1n) is 8.69. The maximum absolute atomic E-state index is 13.0. The van der Waals surface area contributed by atoms with Crippen molar-refractivity contribution >= 4 is 11.6 Å². The third-order valence-corrected chi connectivity index (χ3v) is 4.48. The number of hydrogen-bond donors (Lipinski definition) is 1. The second kappa shape index (κ2) is 8.42. The van der Waals surface area contributed by atoms with Gasteiger partial charge < -0.3 is 19.4 Å². The van der Waals surface area contributed by atoms with Crippen LogP contribution in [-0.4, -0.2) is 34.6 Å². The van der Waals surface area contributed by atoms with Crippen LogP contribution in [0.25, 0.3) is 0 Å². The molecule has 0 fully saturated rings. The quantitative estimate of drug-likeness (QED) is 0.486. The summed E-state index contributed by atoms with van der Waals surface area (Å²) in [6, 6.07) is 10.7. The van der Waals surface area contributed by atoms with Crippen molar-refractivity contribution in [1.82, 2.24) is 14.9 Å². The van der Waals surface area contributed by atoms with E-state index in [1.54, 1.807) is 30.1 Å². The molecule has 3 rings (SSSR count). The lowest BCUT2D eigenvalue weighted by molar-refractivity contribution is -0.385. The number of imidazole rings is 1. The number of nitrogens with zero attached hydrogens (tertiary/aromatic N) is 3. The van der Waals surface area contributed by atoms with E-state index in [4.69, 9.17) is 9.47 Å². The SMILES string of the molecule is COc1ccccc1C(NC(=O)c1ccc(OC)c([N+](=O)[O-])c1)c1nccn1C. The first-order valence-corrected chi connectivity index (χ1v) is 8.69. The Morgan fingerprint density at radius 3 is 2.52 bits per heavy atom. The second-order valence-electron chi connectivity index (χ2n) is 6.19. The van der Waals surface area contributed by atoms with Gasteiger partial charge in [0.1, 0.15) is 17.6 Å². The number of carbonyl (C=O) groups excluding carboxylic acids is 1. The maximum Gasteiger partial charge on any atom is 0.311 e. The van der Waals surface area contributed by atoms with Crippen LogP contribution in [0.5, 0.6) is 11.5 Å². The fourth-order valence-electron chi connectivity index (χ4n) is 3.03. The maximum atomic E-state index is 13.0. The smallest absolute Gasteiger partial charge is 0.311 e. The summed E-state index contributed by atoms with van der Waals surface area (Å²) in [5, 5.41) is 14.2. The van der Waals surface area contributed by atoms with E-state index in [1.807, 2.05) is 25.2 Å². The van der Waals surface area contributed by atoms with Gasteiger partial charge in [0, 0.05) is 36.6 Å². The number of rotatable bonds is 7. The van der Waals surface area contributed by atoms with Gasteiger partial charge in [0.15, 0.2) is 5.75 Å². The van der Waals surface area contributed by atoms with Crippen molar-refractivity contribution in [2.24, 2.45) is 7.05 Å². The van der Waals surface area contributed by atoms with Crippen molar-refractivity contribution in [2.75, 3.05) is 14.2 Å². The molecule has 1 atom stereocenters.